The Balaban J connectivity index is 1.55. The van der Waals surface area contributed by atoms with Crippen LogP contribution in [0.1, 0.15) is 168 Å². The molecule has 0 bridgehead atoms. The third kappa shape index (κ3) is 27.8. The van der Waals surface area contributed by atoms with E-state index in [0.717, 1.165) is 89.9 Å². The van der Waals surface area contributed by atoms with Gasteiger partial charge in [-0.2, -0.15) is 0 Å². The van der Waals surface area contributed by atoms with E-state index >= 15 is 0 Å². The molecule has 0 aromatic heterocycles. The van der Waals surface area contributed by atoms with Gasteiger partial charge in [-0.25, -0.2) is 0 Å². The highest BCUT2D eigenvalue weighted by atomic mass is 16.7. The molecule has 2 saturated heterocycles. The highest BCUT2D eigenvalue weighted by molar-refractivity contribution is 5.76. The van der Waals surface area contributed by atoms with Crippen LogP contribution >= 0.6 is 0 Å². The average Bonchev–Trinajstić information content (AvgIpc) is 3.36. The van der Waals surface area contributed by atoms with Crippen molar-refractivity contribution < 1.29 is 64.6 Å². The lowest BCUT2D eigenvalue weighted by molar-refractivity contribution is -0.359. The summed E-state index contributed by atoms with van der Waals surface area (Å²) in [4.78, 5) is 13.0. The molecule has 2 fully saturated rings. The number of hydrogen-bond acceptors (Lipinski definition) is 13. The summed E-state index contributed by atoms with van der Waals surface area (Å²) in [5, 5.41) is 86.1. The molecule has 12 unspecified atom stereocenters. The zero-order valence-electron chi connectivity index (χ0n) is 42.7. The Morgan fingerprint density at radius 3 is 1.49 bits per heavy atom. The molecule has 2 heterocycles. The molecular formula is C56H95NO13. The van der Waals surface area contributed by atoms with Gasteiger partial charge in [-0.1, -0.05) is 176 Å². The second-order valence-electron chi connectivity index (χ2n) is 18.6. The van der Waals surface area contributed by atoms with Gasteiger partial charge in [0, 0.05) is 6.42 Å². The molecule has 0 saturated carbocycles. The van der Waals surface area contributed by atoms with Crippen molar-refractivity contribution in [3.05, 3.63) is 85.1 Å². The molecule has 0 aliphatic carbocycles. The van der Waals surface area contributed by atoms with Crippen molar-refractivity contribution in [3.63, 3.8) is 0 Å². The number of aliphatic hydroxyl groups is 8. The minimum absolute atomic E-state index is 0.227. The fourth-order valence-electron chi connectivity index (χ4n) is 8.27. The van der Waals surface area contributed by atoms with E-state index in [4.69, 9.17) is 18.9 Å². The molecule has 402 valence electrons. The maximum absolute atomic E-state index is 13.0. The molecule has 70 heavy (non-hydrogen) atoms. The van der Waals surface area contributed by atoms with Gasteiger partial charge >= 0.3 is 0 Å². The normalized spacial score (nSPS) is 26.7. The average molecular weight is 990 g/mol. The van der Waals surface area contributed by atoms with E-state index in [1.54, 1.807) is 0 Å². The first kappa shape index (κ1) is 63.3. The SMILES string of the molecule is CC/C=C\C/C=C\C/C=C\C/C=C\C/C=C\C/C=C\C/C=C\CCCCCCCCCCCCCC(=O)NC(COC1OC(CO)C(OC2OC(CO)C(O)C(O)C2O)C(O)C1O)C(O)CCCCC. The summed E-state index contributed by atoms with van der Waals surface area (Å²) in [7, 11) is 0. The molecule has 0 aromatic rings. The van der Waals surface area contributed by atoms with Crippen molar-refractivity contribution in [2.45, 2.75) is 242 Å². The Bertz CT molecular complexity index is 1500. The van der Waals surface area contributed by atoms with Crippen LogP contribution in [0.3, 0.4) is 0 Å². The van der Waals surface area contributed by atoms with Crippen molar-refractivity contribution in [3.8, 4) is 0 Å². The van der Waals surface area contributed by atoms with Crippen LogP contribution in [0.5, 0.6) is 0 Å². The van der Waals surface area contributed by atoms with Crippen LogP contribution in [0.2, 0.25) is 0 Å². The number of carbonyl (C=O) groups is 1. The smallest absolute Gasteiger partial charge is 0.220 e. The summed E-state index contributed by atoms with van der Waals surface area (Å²) in [6.45, 7) is 2.53. The summed E-state index contributed by atoms with van der Waals surface area (Å²) >= 11 is 0. The fourth-order valence-corrected chi connectivity index (χ4v) is 8.27. The third-order valence-electron chi connectivity index (χ3n) is 12.6. The molecule has 2 rings (SSSR count). The van der Waals surface area contributed by atoms with Crippen molar-refractivity contribution in [2.75, 3.05) is 19.8 Å². The van der Waals surface area contributed by atoms with Crippen molar-refractivity contribution in [1.29, 1.82) is 0 Å². The van der Waals surface area contributed by atoms with E-state index in [-0.39, 0.29) is 12.5 Å². The van der Waals surface area contributed by atoms with Crippen LogP contribution in [-0.2, 0) is 23.7 Å². The number of unbranched alkanes of at least 4 members (excludes halogenated alkanes) is 13. The number of rotatable bonds is 40. The van der Waals surface area contributed by atoms with Gasteiger partial charge in [-0.3, -0.25) is 4.79 Å². The number of allylic oxidation sites excluding steroid dienone is 14. The summed E-state index contributed by atoms with van der Waals surface area (Å²) < 4.78 is 22.5. The van der Waals surface area contributed by atoms with Crippen LogP contribution in [0.4, 0.5) is 0 Å². The predicted octanol–water partition coefficient (Wildman–Crippen LogP) is 7.77. The maximum Gasteiger partial charge on any atom is 0.220 e. The van der Waals surface area contributed by atoms with E-state index in [1.165, 1.54) is 44.9 Å². The van der Waals surface area contributed by atoms with Gasteiger partial charge < -0.3 is 65.1 Å². The highest BCUT2D eigenvalue weighted by Gasteiger charge is 2.51. The van der Waals surface area contributed by atoms with Gasteiger partial charge in [0.2, 0.25) is 5.91 Å². The molecule has 1 amide bonds. The molecule has 14 nitrogen and oxygen atoms in total. The lowest BCUT2D eigenvalue weighted by Crippen LogP contribution is -2.65. The molecule has 14 heteroatoms. The predicted molar refractivity (Wildman–Crippen MR) is 276 cm³/mol. The Morgan fingerprint density at radius 2 is 0.986 bits per heavy atom. The van der Waals surface area contributed by atoms with Crippen LogP contribution in [0.15, 0.2) is 85.1 Å². The Kier molecular flexibility index (Phi) is 37.6. The van der Waals surface area contributed by atoms with Gasteiger partial charge in [-0.15, -0.1) is 0 Å². The topological polar surface area (TPSA) is 228 Å². The first-order valence-corrected chi connectivity index (χ1v) is 26.8. The molecule has 0 spiro atoms. The number of ether oxygens (including phenoxy) is 4. The zero-order valence-corrected chi connectivity index (χ0v) is 42.7. The molecule has 2 aliphatic heterocycles. The Hall–Kier alpha value is -2.83. The zero-order chi connectivity index (χ0) is 51.0. The first-order valence-electron chi connectivity index (χ1n) is 26.8. The fraction of sp³-hybridized carbons (Fsp3) is 0.732. The van der Waals surface area contributed by atoms with Gasteiger partial charge in [0.15, 0.2) is 12.6 Å². The first-order chi connectivity index (χ1) is 34.1. The number of amides is 1. The largest absolute Gasteiger partial charge is 0.394 e. The number of carbonyl (C=O) groups excluding carboxylic acids is 1. The quantitative estimate of drug-likeness (QED) is 0.0212. The van der Waals surface area contributed by atoms with E-state index in [0.29, 0.717) is 19.3 Å². The van der Waals surface area contributed by atoms with E-state index < -0.39 is 86.8 Å². The van der Waals surface area contributed by atoms with Crippen LogP contribution in [-0.4, -0.2) is 140 Å². The van der Waals surface area contributed by atoms with Crippen LogP contribution in [0.25, 0.3) is 0 Å². The third-order valence-corrected chi connectivity index (χ3v) is 12.6. The van der Waals surface area contributed by atoms with Gasteiger partial charge in [0.05, 0.1) is 32.0 Å². The molecule has 0 radical (unpaired) electrons. The highest BCUT2D eigenvalue weighted by Crippen LogP contribution is 2.30. The second-order valence-corrected chi connectivity index (χ2v) is 18.6. The van der Waals surface area contributed by atoms with Gasteiger partial charge in [0.25, 0.3) is 0 Å². The van der Waals surface area contributed by atoms with E-state index in [2.05, 4.69) is 97.3 Å². The molecule has 0 aromatic carbocycles. The van der Waals surface area contributed by atoms with E-state index in [1.807, 2.05) is 6.92 Å². The standard InChI is InChI=1S/C56H95NO13/c1-3-5-7-8-9-10-11-12-13-14-15-16-17-18-19-20-21-22-23-24-25-26-27-28-29-30-31-32-33-34-35-36-38-40-48(61)57-44(45(60)39-37-6-4-2)43-67-55-53(66)51(64)54(47(42-59)69-55)70-56-52(65)50(63)49(62)46(41-58)68-56/h5,7,9-10,12-13,15-16,18-19,21-22,24-25,44-47,49-56,58-60,62-66H,3-4,6,8,11,14,17,20,23,26-43H2,1-2H3,(H,57,61)/b7-5-,10-9-,13-12-,16-15-,19-18-,22-21-,25-24-. The molecule has 12 atom stereocenters. The summed E-state index contributed by atoms with van der Waals surface area (Å²) in [6, 6.07) is -0.830. The lowest BCUT2D eigenvalue weighted by atomic mass is 9.97. The molecule has 2 aliphatic rings. The maximum atomic E-state index is 13.0. The van der Waals surface area contributed by atoms with E-state index in [9.17, 15) is 45.6 Å². The summed E-state index contributed by atoms with van der Waals surface area (Å²) in [5.74, 6) is -0.227. The summed E-state index contributed by atoms with van der Waals surface area (Å²) in [6.07, 6.45) is 38.6. The van der Waals surface area contributed by atoms with Crippen molar-refractivity contribution in [2.24, 2.45) is 0 Å². The number of aliphatic hydroxyl groups excluding tert-OH is 8. The Labute approximate surface area is 420 Å². The monoisotopic (exact) mass is 990 g/mol. The second kappa shape index (κ2) is 41.6. The van der Waals surface area contributed by atoms with Gasteiger partial charge in [0.1, 0.15) is 48.8 Å². The van der Waals surface area contributed by atoms with Crippen LogP contribution < -0.4 is 5.32 Å². The number of hydrogen-bond donors (Lipinski definition) is 9. The van der Waals surface area contributed by atoms with Gasteiger partial charge in [-0.05, 0) is 70.6 Å². The molecular weight excluding hydrogens is 895 g/mol. The van der Waals surface area contributed by atoms with Crippen LogP contribution in [0, 0.1) is 0 Å². The lowest BCUT2D eigenvalue weighted by Gasteiger charge is -2.46. The van der Waals surface area contributed by atoms with Crippen molar-refractivity contribution >= 4 is 5.91 Å². The number of nitrogens with one attached hydrogen (secondary N) is 1. The summed E-state index contributed by atoms with van der Waals surface area (Å²) in [5.41, 5.74) is 0. The minimum Gasteiger partial charge on any atom is -0.394 e. The molecule has 9 N–H and O–H groups in total. The van der Waals surface area contributed by atoms with Crippen molar-refractivity contribution in [1.82, 2.24) is 5.32 Å². The minimum atomic E-state index is -1.78. The Morgan fingerprint density at radius 1 is 0.529 bits per heavy atom.